The van der Waals surface area contributed by atoms with Crippen LogP contribution >= 0.6 is 0 Å². The lowest BCUT2D eigenvalue weighted by Gasteiger charge is -2.10. The predicted octanol–water partition coefficient (Wildman–Crippen LogP) is 12.1. The van der Waals surface area contributed by atoms with Gasteiger partial charge in [0, 0.05) is 32.7 Å². The van der Waals surface area contributed by atoms with Gasteiger partial charge in [0.1, 0.15) is 28.7 Å². The first-order valence-corrected chi connectivity index (χ1v) is 16.7. The van der Waals surface area contributed by atoms with Crippen molar-refractivity contribution in [3.63, 3.8) is 0 Å². The molecule has 0 aliphatic rings. The maximum Gasteiger partial charge on any atom is 0.164 e. The van der Waals surface area contributed by atoms with Gasteiger partial charge in [0.25, 0.3) is 0 Å². The molecule has 0 atom stereocenters. The van der Waals surface area contributed by atoms with Crippen LogP contribution in [0.15, 0.2) is 161 Å². The average molecular weight is 640 g/mol. The van der Waals surface area contributed by atoms with Gasteiger partial charge in [0.2, 0.25) is 0 Å². The van der Waals surface area contributed by atoms with Crippen molar-refractivity contribution < 1.29 is 8.83 Å². The van der Waals surface area contributed by atoms with E-state index >= 15 is 0 Å². The Kier molecular flexibility index (Phi) is 5.60. The van der Waals surface area contributed by atoms with E-state index < -0.39 is 0 Å². The minimum Gasteiger partial charge on any atom is -0.456 e. The van der Waals surface area contributed by atoms with Gasteiger partial charge in [-0.05, 0) is 79.8 Å². The molecule has 3 heterocycles. The molecule has 5 nitrogen and oxygen atoms in total. The van der Waals surface area contributed by atoms with E-state index in [9.17, 15) is 0 Å². The van der Waals surface area contributed by atoms with Crippen molar-refractivity contribution in [2.75, 3.05) is 0 Å². The standard InChI is InChI=1S/C45H25N3O2/c1-2-8-30-26(7-1)15-20-33-31-19-16-27(23-29(31)17-21-32(30)33)28-18-22-39-37(24-28)43-36(11-6-14-41(43)50-39)45-47-25-46-44(48-45)35-10-5-13-40-42(35)34-9-3-4-12-38(34)49-40/h1-25H. The summed E-state index contributed by atoms with van der Waals surface area (Å²) in [6, 6.07) is 50.8. The molecule has 0 aliphatic heterocycles. The number of rotatable bonds is 3. The summed E-state index contributed by atoms with van der Waals surface area (Å²) in [5.41, 5.74) is 7.30. The van der Waals surface area contributed by atoms with Gasteiger partial charge >= 0.3 is 0 Å². The molecule has 0 saturated heterocycles. The van der Waals surface area contributed by atoms with Gasteiger partial charge in [-0.15, -0.1) is 0 Å². The first kappa shape index (κ1) is 27.1. The smallest absolute Gasteiger partial charge is 0.164 e. The van der Waals surface area contributed by atoms with Gasteiger partial charge in [0.15, 0.2) is 11.6 Å². The monoisotopic (exact) mass is 639 g/mol. The number of nitrogens with zero attached hydrogens (tertiary/aromatic N) is 3. The lowest BCUT2D eigenvalue weighted by Crippen LogP contribution is -1.96. The quantitative estimate of drug-likeness (QED) is 0.180. The Balaban J connectivity index is 1.05. The van der Waals surface area contributed by atoms with E-state index in [1.165, 1.54) is 32.3 Å². The fourth-order valence-electron chi connectivity index (χ4n) is 7.72. The third kappa shape index (κ3) is 3.98. The molecule has 50 heavy (non-hydrogen) atoms. The summed E-state index contributed by atoms with van der Waals surface area (Å²) in [5.74, 6) is 1.18. The predicted molar refractivity (Wildman–Crippen MR) is 203 cm³/mol. The third-order valence-electron chi connectivity index (χ3n) is 10.0. The minimum absolute atomic E-state index is 0.587. The maximum atomic E-state index is 6.39. The Morgan fingerprint density at radius 3 is 1.70 bits per heavy atom. The molecular weight excluding hydrogens is 615 g/mol. The molecule has 0 radical (unpaired) electrons. The summed E-state index contributed by atoms with van der Waals surface area (Å²) in [7, 11) is 0. The van der Waals surface area contributed by atoms with Crippen LogP contribution in [0.3, 0.4) is 0 Å². The molecule has 5 heteroatoms. The fraction of sp³-hybridized carbons (Fsp3) is 0. The first-order chi connectivity index (χ1) is 24.8. The van der Waals surface area contributed by atoms with Gasteiger partial charge < -0.3 is 8.83 Å². The topological polar surface area (TPSA) is 65.0 Å². The van der Waals surface area contributed by atoms with E-state index in [1.54, 1.807) is 6.33 Å². The first-order valence-electron chi connectivity index (χ1n) is 16.7. The Morgan fingerprint density at radius 2 is 0.920 bits per heavy atom. The molecule has 11 rings (SSSR count). The lowest BCUT2D eigenvalue weighted by molar-refractivity contribution is 0.668. The Labute approximate surface area is 285 Å². The summed E-state index contributed by atoms with van der Waals surface area (Å²) < 4.78 is 12.5. The zero-order valence-electron chi connectivity index (χ0n) is 26.6. The van der Waals surface area contributed by atoms with Crippen LogP contribution in [0.1, 0.15) is 0 Å². The third-order valence-corrected chi connectivity index (χ3v) is 10.0. The number of furan rings is 2. The van der Waals surface area contributed by atoms with Crippen LogP contribution in [0.4, 0.5) is 0 Å². The van der Waals surface area contributed by atoms with Crippen LogP contribution in [0.2, 0.25) is 0 Å². The Hall–Kier alpha value is -6.85. The van der Waals surface area contributed by atoms with Crippen LogP contribution in [0.5, 0.6) is 0 Å². The lowest BCUT2D eigenvalue weighted by atomic mass is 9.94. The zero-order chi connectivity index (χ0) is 32.8. The van der Waals surface area contributed by atoms with Crippen molar-refractivity contribution in [2.45, 2.75) is 0 Å². The average Bonchev–Trinajstić information content (AvgIpc) is 3.76. The number of hydrogen-bond donors (Lipinski definition) is 0. The number of aromatic nitrogens is 3. The maximum absolute atomic E-state index is 6.39. The van der Waals surface area contributed by atoms with E-state index in [0.29, 0.717) is 11.6 Å². The molecule has 0 aliphatic carbocycles. The van der Waals surface area contributed by atoms with Crippen molar-refractivity contribution in [1.82, 2.24) is 15.0 Å². The number of hydrogen-bond acceptors (Lipinski definition) is 5. The molecule has 8 aromatic carbocycles. The largest absolute Gasteiger partial charge is 0.456 e. The number of fused-ring (bicyclic) bond motifs is 11. The second kappa shape index (κ2) is 10.3. The highest BCUT2D eigenvalue weighted by Gasteiger charge is 2.18. The summed E-state index contributed by atoms with van der Waals surface area (Å²) in [6.45, 7) is 0. The molecule has 0 spiro atoms. The molecule has 0 N–H and O–H groups in total. The number of para-hydroxylation sites is 1. The van der Waals surface area contributed by atoms with Gasteiger partial charge in [-0.2, -0.15) is 0 Å². The fourth-order valence-corrected chi connectivity index (χ4v) is 7.72. The van der Waals surface area contributed by atoms with Gasteiger partial charge in [-0.25, -0.2) is 15.0 Å². The van der Waals surface area contributed by atoms with E-state index in [0.717, 1.165) is 66.1 Å². The molecular formula is C45H25N3O2. The van der Waals surface area contributed by atoms with Gasteiger partial charge in [-0.3, -0.25) is 0 Å². The second-order valence-corrected chi connectivity index (χ2v) is 12.8. The Morgan fingerprint density at radius 1 is 0.360 bits per heavy atom. The molecule has 0 unspecified atom stereocenters. The second-order valence-electron chi connectivity index (χ2n) is 12.8. The Bertz CT molecular complexity index is 3170. The zero-order valence-corrected chi connectivity index (χ0v) is 26.6. The minimum atomic E-state index is 0.587. The van der Waals surface area contributed by atoms with Gasteiger partial charge in [0.05, 0.1) is 0 Å². The van der Waals surface area contributed by atoms with E-state index in [4.69, 9.17) is 13.8 Å². The highest BCUT2D eigenvalue weighted by atomic mass is 16.3. The molecule has 232 valence electrons. The molecule has 0 amide bonds. The summed E-state index contributed by atoms with van der Waals surface area (Å²) in [5, 5.41) is 11.6. The highest BCUT2D eigenvalue weighted by molar-refractivity contribution is 6.18. The molecule has 3 aromatic heterocycles. The van der Waals surface area contributed by atoms with Crippen molar-refractivity contribution in [1.29, 1.82) is 0 Å². The van der Waals surface area contributed by atoms with Crippen LogP contribution in [0, 0.1) is 0 Å². The van der Waals surface area contributed by atoms with Crippen molar-refractivity contribution in [3.05, 3.63) is 152 Å². The van der Waals surface area contributed by atoms with E-state index in [1.807, 2.05) is 48.5 Å². The highest BCUT2D eigenvalue weighted by Crippen LogP contribution is 2.40. The van der Waals surface area contributed by atoms with E-state index in [2.05, 4.69) is 107 Å². The number of benzene rings is 8. The van der Waals surface area contributed by atoms with Crippen molar-refractivity contribution in [2.24, 2.45) is 0 Å². The van der Waals surface area contributed by atoms with Crippen molar-refractivity contribution >= 4 is 76.2 Å². The summed E-state index contributed by atoms with van der Waals surface area (Å²) in [4.78, 5) is 14.3. The van der Waals surface area contributed by atoms with Crippen LogP contribution < -0.4 is 0 Å². The normalized spacial score (nSPS) is 12.0. The van der Waals surface area contributed by atoms with Crippen LogP contribution in [-0.2, 0) is 0 Å². The van der Waals surface area contributed by atoms with Crippen molar-refractivity contribution in [3.8, 4) is 33.9 Å². The van der Waals surface area contributed by atoms with Gasteiger partial charge in [-0.1, -0.05) is 109 Å². The summed E-state index contributed by atoms with van der Waals surface area (Å²) in [6.07, 6.45) is 1.59. The van der Waals surface area contributed by atoms with Crippen LogP contribution in [0.25, 0.3) is 110 Å². The molecule has 11 aromatic rings. The molecule has 0 fully saturated rings. The molecule has 0 saturated carbocycles. The van der Waals surface area contributed by atoms with Crippen LogP contribution in [-0.4, -0.2) is 15.0 Å². The SMILES string of the molecule is c1ccc2c(c1)ccc1c3ccc(-c4ccc5oc6cccc(-c7ncnc(-c8cccc9oc%10ccccc%10c89)n7)c6c5c4)cc3ccc21. The van der Waals surface area contributed by atoms with E-state index in [-0.39, 0.29) is 0 Å². The molecule has 0 bridgehead atoms. The summed E-state index contributed by atoms with van der Waals surface area (Å²) >= 11 is 0.